The van der Waals surface area contributed by atoms with Crippen LogP contribution in [0.3, 0.4) is 0 Å². The summed E-state index contributed by atoms with van der Waals surface area (Å²) >= 11 is 1.47. The van der Waals surface area contributed by atoms with E-state index >= 15 is 0 Å². The van der Waals surface area contributed by atoms with Gasteiger partial charge in [0.2, 0.25) is 5.13 Å². The number of anilines is 1. The molecule has 0 unspecified atom stereocenters. The first-order chi connectivity index (χ1) is 10.2. The van der Waals surface area contributed by atoms with E-state index in [-0.39, 0.29) is 12.6 Å². The van der Waals surface area contributed by atoms with Gasteiger partial charge < -0.3 is 10.0 Å². The average molecular weight is 312 g/mol. The molecule has 1 fully saturated rings. The number of rotatable bonds is 5. The molecular weight excluding hydrogens is 288 g/mol. The zero-order chi connectivity index (χ0) is 15.2. The van der Waals surface area contributed by atoms with Crippen molar-refractivity contribution in [2.24, 2.45) is 5.92 Å². The van der Waals surface area contributed by atoms with Gasteiger partial charge in [-0.15, -0.1) is 10.2 Å². The Kier molecular flexibility index (Phi) is 5.93. The van der Waals surface area contributed by atoms with Gasteiger partial charge in [0.05, 0.1) is 0 Å². The summed E-state index contributed by atoms with van der Waals surface area (Å²) in [5, 5.41) is 21.8. The molecule has 0 spiro atoms. The highest BCUT2D eigenvalue weighted by Gasteiger charge is 2.23. The summed E-state index contributed by atoms with van der Waals surface area (Å²) in [5.74, 6) is 0.755. The molecule has 21 heavy (non-hydrogen) atoms. The zero-order valence-corrected chi connectivity index (χ0v) is 13.5. The number of carbonyl (C=O) groups excluding carboxylic acids is 1. The quantitative estimate of drug-likeness (QED) is 0.876. The van der Waals surface area contributed by atoms with E-state index in [0.717, 1.165) is 30.7 Å². The summed E-state index contributed by atoms with van der Waals surface area (Å²) in [6, 6.07) is -0.112. The Hall–Kier alpha value is -1.21. The first kappa shape index (κ1) is 16.2. The second-order valence-electron chi connectivity index (χ2n) is 5.50. The molecule has 2 amide bonds. The Bertz CT molecular complexity index is 454. The highest BCUT2D eigenvalue weighted by molar-refractivity contribution is 7.15. The predicted molar refractivity (Wildman–Crippen MR) is 83.6 cm³/mol. The molecular formula is C14H24N4O2S. The van der Waals surface area contributed by atoms with E-state index in [9.17, 15) is 4.79 Å². The van der Waals surface area contributed by atoms with E-state index in [1.54, 1.807) is 4.90 Å². The number of urea groups is 1. The molecule has 1 aliphatic rings. The number of aliphatic hydroxyl groups is 1. The van der Waals surface area contributed by atoms with Crippen LogP contribution in [0.2, 0.25) is 0 Å². The molecule has 1 aliphatic heterocycles. The van der Waals surface area contributed by atoms with Crippen molar-refractivity contribution >= 4 is 22.5 Å². The average Bonchev–Trinajstić information content (AvgIpc) is 2.97. The van der Waals surface area contributed by atoms with Gasteiger partial charge >= 0.3 is 6.03 Å². The summed E-state index contributed by atoms with van der Waals surface area (Å²) in [4.78, 5) is 14.0. The van der Waals surface area contributed by atoms with Crippen LogP contribution in [0.15, 0.2) is 0 Å². The minimum atomic E-state index is -0.112. The third kappa shape index (κ3) is 4.14. The predicted octanol–water partition coefficient (Wildman–Crippen LogP) is 2.68. The van der Waals surface area contributed by atoms with Gasteiger partial charge in [-0.05, 0) is 31.6 Å². The summed E-state index contributed by atoms with van der Waals surface area (Å²) < 4.78 is 0. The molecule has 118 valence electrons. The van der Waals surface area contributed by atoms with Gasteiger partial charge in [0.25, 0.3) is 0 Å². The van der Waals surface area contributed by atoms with Crippen LogP contribution in [0, 0.1) is 5.92 Å². The smallest absolute Gasteiger partial charge is 0.323 e. The van der Waals surface area contributed by atoms with Crippen LogP contribution in [-0.2, 0) is 0 Å². The number of aliphatic hydroxyl groups excluding tert-OH is 1. The highest BCUT2D eigenvalue weighted by atomic mass is 32.1. The van der Waals surface area contributed by atoms with E-state index in [4.69, 9.17) is 5.11 Å². The lowest BCUT2D eigenvalue weighted by molar-refractivity contribution is 0.143. The molecule has 0 atom stereocenters. The van der Waals surface area contributed by atoms with Crippen molar-refractivity contribution in [2.75, 3.05) is 25.0 Å². The van der Waals surface area contributed by atoms with Gasteiger partial charge in [-0.25, -0.2) is 4.79 Å². The third-order valence-electron chi connectivity index (χ3n) is 4.15. The number of piperidine rings is 1. The van der Waals surface area contributed by atoms with Crippen LogP contribution >= 0.6 is 11.3 Å². The van der Waals surface area contributed by atoms with E-state index < -0.39 is 0 Å². The molecule has 0 aromatic carbocycles. The fourth-order valence-corrected chi connectivity index (χ4v) is 3.58. The van der Waals surface area contributed by atoms with Gasteiger partial charge in [0, 0.05) is 25.6 Å². The molecule has 1 aromatic heterocycles. The minimum Gasteiger partial charge on any atom is -0.396 e. The standard InChI is InChI=1S/C14H24N4O2S/c1-3-11(4-2)12-16-17-13(21-12)15-14(20)18-7-5-10(9-19)6-8-18/h10-11,19H,3-9H2,1-2H3,(H,15,17,20). The van der Waals surface area contributed by atoms with Gasteiger partial charge in [0.1, 0.15) is 5.01 Å². The lowest BCUT2D eigenvalue weighted by atomic mass is 9.98. The SMILES string of the molecule is CCC(CC)c1nnc(NC(=O)N2CCC(CO)CC2)s1. The second kappa shape index (κ2) is 7.70. The Morgan fingerprint density at radius 1 is 1.38 bits per heavy atom. The molecule has 2 heterocycles. The second-order valence-corrected chi connectivity index (χ2v) is 6.51. The van der Waals surface area contributed by atoms with Gasteiger partial charge in [0.15, 0.2) is 0 Å². The largest absolute Gasteiger partial charge is 0.396 e. The number of carbonyl (C=O) groups is 1. The van der Waals surface area contributed by atoms with Crippen molar-refractivity contribution < 1.29 is 9.90 Å². The third-order valence-corrected chi connectivity index (χ3v) is 5.15. The zero-order valence-electron chi connectivity index (χ0n) is 12.7. The molecule has 0 radical (unpaired) electrons. The summed E-state index contributed by atoms with van der Waals surface area (Å²) in [6.07, 6.45) is 3.79. The van der Waals surface area contributed by atoms with Crippen molar-refractivity contribution in [3.63, 3.8) is 0 Å². The van der Waals surface area contributed by atoms with E-state index in [2.05, 4.69) is 29.4 Å². The molecule has 2 N–H and O–H groups in total. The van der Waals surface area contributed by atoms with Crippen LogP contribution in [0.1, 0.15) is 50.5 Å². The van der Waals surface area contributed by atoms with Crippen LogP contribution < -0.4 is 5.32 Å². The van der Waals surface area contributed by atoms with Crippen molar-refractivity contribution in [3.05, 3.63) is 5.01 Å². The Morgan fingerprint density at radius 3 is 2.62 bits per heavy atom. The molecule has 1 aromatic rings. The summed E-state index contributed by atoms with van der Waals surface area (Å²) in [7, 11) is 0. The fourth-order valence-electron chi connectivity index (χ4n) is 2.58. The lowest BCUT2D eigenvalue weighted by Crippen LogP contribution is -2.41. The maximum atomic E-state index is 12.2. The number of nitrogens with one attached hydrogen (secondary N) is 1. The van der Waals surface area contributed by atoms with Crippen LogP contribution in [0.5, 0.6) is 0 Å². The maximum Gasteiger partial charge on any atom is 0.323 e. The van der Waals surface area contributed by atoms with E-state index in [1.807, 2.05) is 0 Å². The van der Waals surface area contributed by atoms with Crippen LogP contribution in [0.25, 0.3) is 0 Å². The topological polar surface area (TPSA) is 78.4 Å². The van der Waals surface area contributed by atoms with Gasteiger partial charge in [-0.3, -0.25) is 5.32 Å². The van der Waals surface area contributed by atoms with Crippen molar-refractivity contribution in [1.82, 2.24) is 15.1 Å². The van der Waals surface area contributed by atoms with Crippen LogP contribution in [-0.4, -0.2) is 45.9 Å². The number of nitrogens with zero attached hydrogens (tertiary/aromatic N) is 3. The van der Waals surface area contributed by atoms with E-state index in [0.29, 0.717) is 30.1 Å². The van der Waals surface area contributed by atoms with Gasteiger partial charge in [-0.1, -0.05) is 25.2 Å². The van der Waals surface area contributed by atoms with E-state index in [1.165, 1.54) is 11.3 Å². The molecule has 0 bridgehead atoms. The first-order valence-corrected chi connectivity index (χ1v) is 8.49. The molecule has 7 heteroatoms. The number of hydrogen-bond acceptors (Lipinski definition) is 5. The monoisotopic (exact) mass is 312 g/mol. The Balaban J connectivity index is 1.88. The number of likely N-dealkylation sites (tertiary alicyclic amines) is 1. The summed E-state index contributed by atoms with van der Waals surface area (Å²) in [5.41, 5.74) is 0. The van der Waals surface area contributed by atoms with Gasteiger partial charge in [-0.2, -0.15) is 0 Å². The summed E-state index contributed by atoms with van der Waals surface area (Å²) in [6.45, 7) is 5.87. The lowest BCUT2D eigenvalue weighted by Gasteiger charge is -2.30. The van der Waals surface area contributed by atoms with Crippen molar-refractivity contribution in [1.29, 1.82) is 0 Å². The van der Waals surface area contributed by atoms with Crippen molar-refractivity contribution in [3.8, 4) is 0 Å². The fraction of sp³-hybridized carbons (Fsp3) is 0.786. The number of amides is 2. The molecule has 0 aliphatic carbocycles. The van der Waals surface area contributed by atoms with Crippen LogP contribution in [0.4, 0.5) is 9.93 Å². The number of aromatic nitrogens is 2. The molecule has 0 saturated carbocycles. The normalized spacial score (nSPS) is 16.5. The Labute approximate surface area is 129 Å². The number of hydrogen-bond donors (Lipinski definition) is 2. The molecule has 1 saturated heterocycles. The first-order valence-electron chi connectivity index (χ1n) is 7.68. The molecule has 2 rings (SSSR count). The highest BCUT2D eigenvalue weighted by Crippen LogP contribution is 2.28. The van der Waals surface area contributed by atoms with Crippen molar-refractivity contribution in [2.45, 2.75) is 45.4 Å². The Morgan fingerprint density at radius 2 is 2.05 bits per heavy atom. The molecule has 6 nitrogen and oxygen atoms in total. The maximum absolute atomic E-state index is 12.2. The minimum absolute atomic E-state index is 0.112.